The van der Waals surface area contributed by atoms with Crippen molar-refractivity contribution >= 4 is 5.97 Å². The molecule has 2 nitrogen and oxygen atoms in total. The quantitative estimate of drug-likeness (QED) is 0.667. The van der Waals surface area contributed by atoms with Gasteiger partial charge in [0.1, 0.15) is 0 Å². The molecule has 0 amide bonds. The van der Waals surface area contributed by atoms with Crippen molar-refractivity contribution in [2.24, 2.45) is 5.92 Å². The first kappa shape index (κ1) is 9.28. The lowest BCUT2D eigenvalue weighted by Crippen LogP contribution is -2.59. The molecule has 0 unspecified atom stereocenters. The smallest absolute Gasteiger partial charge is 0.313 e. The maximum absolute atomic E-state index is 12.3. The van der Waals surface area contributed by atoms with E-state index in [4.69, 9.17) is 5.11 Å². The van der Waals surface area contributed by atoms with E-state index in [0.717, 1.165) is 0 Å². The molecule has 0 spiro atoms. The van der Waals surface area contributed by atoms with Crippen molar-refractivity contribution in [1.82, 2.24) is 0 Å². The number of hydrogen-bond donors (Lipinski definition) is 1. The summed E-state index contributed by atoms with van der Waals surface area (Å²) in [6.45, 7) is 0. The van der Waals surface area contributed by atoms with E-state index in [1.165, 1.54) is 0 Å². The van der Waals surface area contributed by atoms with Crippen LogP contribution in [0.15, 0.2) is 0 Å². The highest BCUT2D eigenvalue weighted by Crippen LogP contribution is 2.56. The van der Waals surface area contributed by atoms with Crippen molar-refractivity contribution in [3.63, 3.8) is 0 Å². The molecule has 1 N–H and O–H groups in total. The van der Waals surface area contributed by atoms with Crippen LogP contribution in [-0.4, -0.2) is 22.9 Å². The molecule has 0 aromatic heterocycles. The highest BCUT2D eigenvalue weighted by molar-refractivity contribution is 5.67. The molecule has 1 rings (SSSR count). The zero-order chi connectivity index (χ0) is 9.57. The Morgan fingerprint density at radius 2 is 1.92 bits per heavy atom. The Bertz CT molecular complexity index is 214. The van der Waals surface area contributed by atoms with Crippen molar-refractivity contribution in [1.29, 1.82) is 0 Å². The number of hydrogen-bond acceptors (Lipinski definition) is 1. The molecule has 1 aliphatic rings. The Labute approximate surface area is 65.2 Å². The van der Waals surface area contributed by atoms with Crippen molar-refractivity contribution < 1.29 is 27.5 Å². The van der Waals surface area contributed by atoms with E-state index in [0.29, 0.717) is 0 Å². The highest BCUT2D eigenvalue weighted by Gasteiger charge is 2.71. The Balaban J connectivity index is 2.60. The van der Waals surface area contributed by atoms with E-state index < -0.39 is 36.6 Å². The molecule has 1 saturated carbocycles. The Morgan fingerprint density at radius 3 is 2.17 bits per heavy atom. The second-order valence-corrected chi connectivity index (χ2v) is 2.83. The van der Waals surface area contributed by atoms with Crippen LogP contribution in [0.2, 0.25) is 0 Å². The molecule has 0 saturated heterocycles. The van der Waals surface area contributed by atoms with E-state index in [1.54, 1.807) is 0 Å². The predicted octanol–water partition coefficient (Wildman–Crippen LogP) is 1.75. The fourth-order valence-corrected chi connectivity index (χ4v) is 1.15. The van der Waals surface area contributed by atoms with Crippen LogP contribution in [0.3, 0.4) is 0 Å². The molecule has 12 heavy (non-hydrogen) atoms. The number of halogens is 4. The fourth-order valence-electron chi connectivity index (χ4n) is 1.15. The van der Waals surface area contributed by atoms with Crippen molar-refractivity contribution in [2.75, 3.05) is 0 Å². The minimum absolute atomic E-state index is 0.900. The summed E-state index contributed by atoms with van der Waals surface area (Å²) in [5, 5.41) is 8.07. The maximum atomic E-state index is 12.3. The van der Waals surface area contributed by atoms with E-state index >= 15 is 0 Å². The van der Waals surface area contributed by atoms with Crippen LogP contribution in [0.4, 0.5) is 17.6 Å². The third-order valence-corrected chi connectivity index (χ3v) is 1.92. The Morgan fingerprint density at radius 1 is 1.42 bits per heavy atom. The van der Waals surface area contributed by atoms with E-state index in [1.807, 2.05) is 0 Å². The SMILES string of the molecule is O=C(O)C[C@H]1CC(F)(F)C1(F)F. The number of carboxylic acid groups (broad SMARTS) is 1. The lowest BCUT2D eigenvalue weighted by Gasteiger charge is -2.43. The van der Waals surface area contributed by atoms with Crippen LogP contribution in [0.5, 0.6) is 0 Å². The van der Waals surface area contributed by atoms with Gasteiger partial charge in [0.2, 0.25) is 0 Å². The van der Waals surface area contributed by atoms with Crippen LogP contribution in [0.25, 0.3) is 0 Å². The van der Waals surface area contributed by atoms with Crippen molar-refractivity contribution in [3.05, 3.63) is 0 Å². The molecule has 6 heteroatoms. The van der Waals surface area contributed by atoms with Gasteiger partial charge in [0.25, 0.3) is 0 Å². The third kappa shape index (κ3) is 1.15. The summed E-state index contributed by atoms with van der Waals surface area (Å²) in [5.74, 6) is -11.4. The molecular formula is C6H6F4O2. The van der Waals surface area contributed by atoms with Crippen LogP contribution in [0, 0.1) is 5.92 Å². The van der Waals surface area contributed by atoms with Crippen molar-refractivity contribution in [2.45, 2.75) is 24.7 Å². The third-order valence-electron chi connectivity index (χ3n) is 1.92. The molecule has 0 heterocycles. The number of alkyl halides is 4. The average molecular weight is 186 g/mol. The molecule has 0 aliphatic heterocycles. The summed E-state index contributed by atoms with van der Waals surface area (Å²) in [6, 6.07) is 0. The topological polar surface area (TPSA) is 37.3 Å². The molecule has 70 valence electrons. The lowest BCUT2D eigenvalue weighted by atomic mass is 9.75. The molecule has 1 fully saturated rings. The molecule has 0 bridgehead atoms. The number of rotatable bonds is 2. The van der Waals surface area contributed by atoms with Gasteiger partial charge >= 0.3 is 17.8 Å². The van der Waals surface area contributed by atoms with E-state index in [-0.39, 0.29) is 0 Å². The number of carbonyl (C=O) groups is 1. The number of aliphatic carboxylic acids is 1. The van der Waals surface area contributed by atoms with Crippen LogP contribution in [0.1, 0.15) is 12.8 Å². The Hall–Kier alpha value is -0.810. The summed E-state index contributed by atoms with van der Waals surface area (Å²) in [5.41, 5.74) is 0. The van der Waals surface area contributed by atoms with Gasteiger partial charge in [-0.25, -0.2) is 0 Å². The first-order valence-corrected chi connectivity index (χ1v) is 3.25. The fraction of sp³-hybridized carbons (Fsp3) is 0.833. The zero-order valence-corrected chi connectivity index (χ0v) is 5.86. The minimum Gasteiger partial charge on any atom is -0.481 e. The summed E-state index contributed by atoms with van der Waals surface area (Å²) in [7, 11) is 0. The first-order chi connectivity index (χ1) is 5.27. The van der Waals surface area contributed by atoms with Gasteiger partial charge in [-0.15, -0.1) is 0 Å². The monoisotopic (exact) mass is 186 g/mol. The van der Waals surface area contributed by atoms with Gasteiger partial charge in [0.15, 0.2) is 0 Å². The molecule has 0 aromatic carbocycles. The summed E-state index contributed by atoms with van der Waals surface area (Å²) in [6.07, 6.45) is -1.94. The van der Waals surface area contributed by atoms with Gasteiger partial charge in [0.05, 0.1) is 6.42 Å². The first-order valence-electron chi connectivity index (χ1n) is 3.25. The van der Waals surface area contributed by atoms with Gasteiger partial charge in [-0.05, 0) is 0 Å². The summed E-state index contributed by atoms with van der Waals surface area (Å²) < 4.78 is 48.8. The molecule has 0 aromatic rings. The molecule has 1 aliphatic carbocycles. The van der Waals surface area contributed by atoms with Gasteiger partial charge in [-0.2, -0.15) is 17.6 Å². The normalized spacial score (nSPS) is 30.8. The summed E-state index contributed by atoms with van der Waals surface area (Å²) >= 11 is 0. The largest absolute Gasteiger partial charge is 0.481 e. The predicted molar refractivity (Wildman–Crippen MR) is 30.3 cm³/mol. The lowest BCUT2D eigenvalue weighted by molar-refractivity contribution is -0.313. The zero-order valence-electron chi connectivity index (χ0n) is 5.86. The minimum atomic E-state index is -4.15. The summed E-state index contributed by atoms with van der Waals surface area (Å²) in [4.78, 5) is 9.92. The Kier molecular flexibility index (Phi) is 1.81. The number of carboxylic acids is 1. The average Bonchev–Trinajstić information content (AvgIpc) is 1.85. The second-order valence-electron chi connectivity index (χ2n) is 2.83. The highest BCUT2D eigenvalue weighted by atomic mass is 19.3. The van der Waals surface area contributed by atoms with Crippen molar-refractivity contribution in [3.8, 4) is 0 Å². The van der Waals surface area contributed by atoms with E-state index in [9.17, 15) is 22.4 Å². The molecular weight excluding hydrogens is 180 g/mol. The standard InChI is InChI=1S/C6H6F4O2/c7-5(8)2-3(1-4(11)12)6(5,9)10/h3H,1-2H2,(H,11,12)/t3-/m0/s1. The van der Waals surface area contributed by atoms with Gasteiger partial charge in [-0.1, -0.05) is 0 Å². The van der Waals surface area contributed by atoms with Gasteiger partial charge in [-0.3, -0.25) is 4.79 Å². The molecule has 1 atom stereocenters. The second kappa shape index (κ2) is 2.34. The van der Waals surface area contributed by atoms with Crippen LogP contribution < -0.4 is 0 Å². The van der Waals surface area contributed by atoms with E-state index in [2.05, 4.69) is 0 Å². The van der Waals surface area contributed by atoms with Crippen LogP contribution in [-0.2, 0) is 4.79 Å². The molecule has 0 radical (unpaired) electrons. The maximum Gasteiger partial charge on any atom is 0.313 e. The van der Waals surface area contributed by atoms with Crippen LogP contribution >= 0.6 is 0 Å². The van der Waals surface area contributed by atoms with Gasteiger partial charge < -0.3 is 5.11 Å². The van der Waals surface area contributed by atoms with Gasteiger partial charge in [0, 0.05) is 12.3 Å².